The highest BCUT2D eigenvalue weighted by Crippen LogP contribution is 2.13. The molecule has 0 spiro atoms. The molecule has 0 aliphatic heterocycles. The fourth-order valence-electron chi connectivity index (χ4n) is 2.02. The van der Waals surface area contributed by atoms with Crippen LogP contribution in [0.3, 0.4) is 0 Å². The molecule has 0 fully saturated rings. The first kappa shape index (κ1) is 15.6. The van der Waals surface area contributed by atoms with Crippen molar-refractivity contribution >= 4 is 11.8 Å². The first-order chi connectivity index (χ1) is 10.6. The Balaban J connectivity index is 1.96. The van der Waals surface area contributed by atoms with E-state index in [4.69, 9.17) is 10.5 Å². The van der Waals surface area contributed by atoms with Gasteiger partial charge in [0.05, 0.1) is 0 Å². The predicted molar refractivity (Wildman–Crippen MR) is 83.2 cm³/mol. The normalized spacial score (nSPS) is 11.5. The van der Waals surface area contributed by atoms with Crippen LogP contribution in [0.5, 0.6) is 5.75 Å². The number of ether oxygens (including phenoxy) is 1. The lowest BCUT2D eigenvalue weighted by Crippen LogP contribution is -2.39. The van der Waals surface area contributed by atoms with Crippen LogP contribution in [0.15, 0.2) is 54.6 Å². The van der Waals surface area contributed by atoms with Crippen molar-refractivity contribution in [1.82, 2.24) is 5.32 Å². The van der Waals surface area contributed by atoms with Crippen LogP contribution in [0, 0.1) is 6.92 Å². The lowest BCUT2D eigenvalue weighted by atomic mass is 10.1. The summed E-state index contributed by atoms with van der Waals surface area (Å²) in [6.07, 6.45) is 0. The van der Waals surface area contributed by atoms with E-state index in [1.807, 2.05) is 31.2 Å². The lowest BCUT2D eigenvalue weighted by Gasteiger charge is -2.16. The van der Waals surface area contributed by atoms with Crippen molar-refractivity contribution in [3.05, 3.63) is 65.7 Å². The Morgan fingerprint density at radius 3 is 2.50 bits per heavy atom. The molecule has 0 bridgehead atoms. The minimum Gasteiger partial charge on any atom is -0.484 e. The van der Waals surface area contributed by atoms with Gasteiger partial charge in [0.25, 0.3) is 5.91 Å². The number of benzene rings is 2. The second kappa shape index (κ2) is 7.26. The Morgan fingerprint density at radius 1 is 1.14 bits per heavy atom. The smallest absolute Gasteiger partial charge is 0.258 e. The molecule has 5 heteroatoms. The van der Waals surface area contributed by atoms with Gasteiger partial charge in [0.1, 0.15) is 11.8 Å². The summed E-state index contributed by atoms with van der Waals surface area (Å²) in [7, 11) is 0. The van der Waals surface area contributed by atoms with Crippen LogP contribution < -0.4 is 15.8 Å². The molecular formula is C17H18N2O3. The van der Waals surface area contributed by atoms with Crippen LogP contribution in [-0.4, -0.2) is 18.4 Å². The number of nitrogens with two attached hydrogens (primary N) is 1. The quantitative estimate of drug-likeness (QED) is 0.852. The third kappa shape index (κ3) is 4.34. The highest BCUT2D eigenvalue weighted by Gasteiger charge is 2.20. The molecule has 3 N–H and O–H groups in total. The number of aryl methyl sites for hydroxylation is 1. The molecule has 2 aromatic carbocycles. The van der Waals surface area contributed by atoms with E-state index in [2.05, 4.69) is 5.32 Å². The number of amides is 2. The van der Waals surface area contributed by atoms with Crippen molar-refractivity contribution in [1.29, 1.82) is 0 Å². The molecule has 0 aliphatic carbocycles. The molecule has 2 aromatic rings. The minimum absolute atomic E-state index is 0.180. The van der Waals surface area contributed by atoms with E-state index in [0.717, 1.165) is 5.56 Å². The predicted octanol–water partition coefficient (Wildman–Crippen LogP) is 1.72. The van der Waals surface area contributed by atoms with Crippen LogP contribution in [0.25, 0.3) is 0 Å². The van der Waals surface area contributed by atoms with Crippen LogP contribution in [0.4, 0.5) is 0 Å². The second-order valence-corrected chi connectivity index (χ2v) is 4.92. The Bertz CT molecular complexity index is 656. The SMILES string of the molecule is Cc1cccc(OCC(=O)NC(C(N)=O)c2ccccc2)c1. The molecule has 22 heavy (non-hydrogen) atoms. The van der Waals surface area contributed by atoms with Crippen molar-refractivity contribution < 1.29 is 14.3 Å². The van der Waals surface area contributed by atoms with Crippen molar-refractivity contribution in [2.45, 2.75) is 13.0 Å². The number of nitrogens with one attached hydrogen (secondary N) is 1. The third-order valence-corrected chi connectivity index (χ3v) is 3.08. The molecule has 0 radical (unpaired) electrons. The molecular weight excluding hydrogens is 280 g/mol. The summed E-state index contributed by atoms with van der Waals surface area (Å²) >= 11 is 0. The van der Waals surface area contributed by atoms with Gasteiger partial charge < -0.3 is 15.8 Å². The summed E-state index contributed by atoms with van der Waals surface area (Å²) in [4.78, 5) is 23.5. The number of hydrogen-bond donors (Lipinski definition) is 2. The van der Waals surface area contributed by atoms with E-state index in [1.165, 1.54) is 0 Å². The standard InChI is InChI=1S/C17H18N2O3/c1-12-6-5-9-14(10-12)22-11-15(20)19-16(17(18)21)13-7-3-2-4-8-13/h2-10,16H,11H2,1H3,(H2,18,21)(H,19,20). The molecule has 1 atom stereocenters. The molecule has 0 aliphatic rings. The van der Waals surface area contributed by atoms with E-state index in [1.54, 1.807) is 30.3 Å². The van der Waals surface area contributed by atoms with E-state index >= 15 is 0 Å². The molecule has 5 nitrogen and oxygen atoms in total. The van der Waals surface area contributed by atoms with Crippen molar-refractivity contribution in [2.75, 3.05) is 6.61 Å². The summed E-state index contributed by atoms with van der Waals surface area (Å²) in [5.74, 6) is -0.422. The van der Waals surface area contributed by atoms with E-state index in [0.29, 0.717) is 11.3 Å². The van der Waals surface area contributed by atoms with Crippen LogP contribution in [0.2, 0.25) is 0 Å². The minimum atomic E-state index is -0.866. The zero-order chi connectivity index (χ0) is 15.9. The van der Waals surface area contributed by atoms with E-state index in [-0.39, 0.29) is 6.61 Å². The maximum Gasteiger partial charge on any atom is 0.258 e. The van der Waals surface area contributed by atoms with Gasteiger partial charge in [-0.25, -0.2) is 0 Å². The maximum atomic E-state index is 11.9. The summed E-state index contributed by atoms with van der Waals surface area (Å²) in [6, 6.07) is 15.4. The fraction of sp³-hybridized carbons (Fsp3) is 0.176. The number of carbonyl (C=O) groups is 2. The highest BCUT2D eigenvalue weighted by molar-refractivity contribution is 5.88. The average molecular weight is 298 g/mol. The Labute approximate surface area is 129 Å². The molecule has 2 amide bonds. The topological polar surface area (TPSA) is 81.4 Å². The molecule has 114 valence electrons. The van der Waals surface area contributed by atoms with Gasteiger partial charge in [0, 0.05) is 0 Å². The summed E-state index contributed by atoms with van der Waals surface area (Å²) in [5.41, 5.74) is 7.03. The van der Waals surface area contributed by atoms with Crippen molar-refractivity contribution in [3.63, 3.8) is 0 Å². The first-order valence-corrected chi connectivity index (χ1v) is 6.89. The van der Waals surface area contributed by atoms with E-state index < -0.39 is 17.9 Å². The molecule has 0 saturated carbocycles. The monoisotopic (exact) mass is 298 g/mol. The number of carbonyl (C=O) groups excluding carboxylic acids is 2. The van der Waals surface area contributed by atoms with Gasteiger partial charge in [-0.3, -0.25) is 9.59 Å². The number of primary amides is 1. The zero-order valence-corrected chi connectivity index (χ0v) is 12.3. The highest BCUT2D eigenvalue weighted by atomic mass is 16.5. The molecule has 0 saturated heterocycles. The van der Waals surface area contributed by atoms with Gasteiger partial charge in [-0.05, 0) is 30.2 Å². The fourth-order valence-corrected chi connectivity index (χ4v) is 2.02. The summed E-state index contributed by atoms with van der Waals surface area (Å²) in [5, 5.41) is 2.58. The summed E-state index contributed by atoms with van der Waals surface area (Å²) in [6.45, 7) is 1.76. The van der Waals surface area contributed by atoms with Crippen molar-refractivity contribution in [2.24, 2.45) is 5.73 Å². The van der Waals surface area contributed by atoms with Crippen LogP contribution in [0.1, 0.15) is 17.2 Å². The molecule has 0 aromatic heterocycles. The van der Waals surface area contributed by atoms with Gasteiger partial charge in [0.2, 0.25) is 5.91 Å². The Hall–Kier alpha value is -2.82. The van der Waals surface area contributed by atoms with Gasteiger partial charge in [0.15, 0.2) is 6.61 Å². The van der Waals surface area contributed by atoms with E-state index in [9.17, 15) is 9.59 Å². The molecule has 1 unspecified atom stereocenters. The molecule has 0 heterocycles. The largest absolute Gasteiger partial charge is 0.484 e. The first-order valence-electron chi connectivity index (χ1n) is 6.89. The third-order valence-electron chi connectivity index (χ3n) is 3.08. The van der Waals surface area contributed by atoms with Crippen LogP contribution in [-0.2, 0) is 9.59 Å². The number of rotatable bonds is 6. The molecule has 2 rings (SSSR count). The van der Waals surface area contributed by atoms with Crippen molar-refractivity contribution in [3.8, 4) is 5.75 Å². The number of hydrogen-bond acceptors (Lipinski definition) is 3. The Morgan fingerprint density at radius 2 is 1.86 bits per heavy atom. The average Bonchev–Trinajstić information content (AvgIpc) is 2.51. The zero-order valence-electron chi connectivity index (χ0n) is 12.3. The second-order valence-electron chi connectivity index (χ2n) is 4.92. The van der Waals surface area contributed by atoms with Gasteiger partial charge in [-0.1, -0.05) is 42.5 Å². The maximum absolute atomic E-state index is 11.9. The lowest BCUT2D eigenvalue weighted by molar-refractivity contribution is -0.128. The van der Waals surface area contributed by atoms with Gasteiger partial charge >= 0.3 is 0 Å². The van der Waals surface area contributed by atoms with Gasteiger partial charge in [-0.15, -0.1) is 0 Å². The van der Waals surface area contributed by atoms with Crippen LogP contribution >= 0.6 is 0 Å². The van der Waals surface area contributed by atoms with Gasteiger partial charge in [-0.2, -0.15) is 0 Å². The Kier molecular flexibility index (Phi) is 5.14. The summed E-state index contributed by atoms with van der Waals surface area (Å²) < 4.78 is 5.40.